The van der Waals surface area contributed by atoms with Crippen LogP contribution in [0, 0.1) is 5.92 Å². The summed E-state index contributed by atoms with van der Waals surface area (Å²) in [6.07, 6.45) is 9.18. The molecule has 0 bridgehead atoms. The molecule has 3 aromatic carbocycles. The van der Waals surface area contributed by atoms with Crippen LogP contribution in [0.2, 0.25) is 0 Å². The molecule has 1 fully saturated rings. The van der Waals surface area contributed by atoms with Crippen LogP contribution in [0.5, 0.6) is 0 Å². The Bertz CT molecular complexity index is 1410. The summed E-state index contributed by atoms with van der Waals surface area (Å²) in [4.78, 5) is 16.0. The Kier molecular flexibility index (Phi) is 6.23. The van der Waals surface area contributed by atoms with Gasteiger partial charge in [-0.25, -0.2) is 9.80 Å². The monoisotopic (exact) mass is 490 g/mol. The third-order valence-electron chi connectivity index (χ3n) is 7.33. The second kappa shape index (κ2) is 9.97. The van der Waals surface area contributed by atoms with Crippen LogP contribution < -0.4 is 10.6 Å². The summed E-state index contributed by atoms with van der Waals surface area (Å²) in [7, 11) is 0. The molecule has 0 unspecified atom stereocenters. The minimum absolute atomic E-state index is 0.184. The van der Waals surface area contributed by atoms with Crippen molar-refractivity contribution >= 4 is 28.8 Å². The van der Waals surface area contributed by atoms with Crippen molar-refractivity contribution in [2.24, 2.45) is 11.0 Å². The van der Waals surface area contributed by atoms with E-state index in [1.54, 1.807) is 22.4 Å². The molecule has 1 aromatic heterocycles. The number of hydrazone groups is 1. The van der Waals surface area contributed by atoms with Gasteiger partial charge in [-0.3, -0.25) is 4.90 Å². The van der Waals surface area contributed by atoms with Gasteiger partial charge in [0.2, 0.25) is 0 Å². The Morgan fingerprint density at radius 3 is 2.41 bits per heavy atom. The average Bonchev–Trinajstić information content (AvgIpc) is 3.45. The molecule has 0 saturated heterocycles. The molecule has 37 heavy (non-hydrogen) atoms. The van der Waals surface area contributed by atoms with Crippen molar-refractivity contribution in [3.63, 3.8) is 0 Å². The topological polar surface area (TPSA) is 75.1 Å². The van der Waals surface area contributed by atoms with E-state index < -0.39 is 0 Å². The fourth-order valence-electron chi connectivity index (χ4n) is 5.40. The van der Waals surface area contributed by atoms with Gasteiger partial charge >= 0.3 is 6.03 Å². The highest BCUT2D eigenvalue weighted by atomic mass is 16.3. The lowest BCUT2D eigenvalue weighted by atomic mass is 9.82. The standard InChI is InChI=1S/C31H30N4O2/c32-26-12-14-27(15-13-26)35-29-16-11-24(25-17-18-37-21-25)19-28(29)30(23-9-5-2-6-10-23)33-34(31(35)36)20-22-7-3-1-4-8-22/h1,3-4,7-8,11-19,21,23H,2,5-6,9-10,20,32H2. The first kappa shape index (κ1) is 23.1. The normalized spacial score (nSPS) is 16.3. The zero-order valence-corrected chi connectivity index (χ0v) is 20.7. The number of anilines is 3. The molecular formula is C31H30N4O2. The molecule has 1 aliphatic heterocycles. The first-order chi connectivity index (χ1) is 18.2. The largest absolute Gasteiger partial charge is 0.472 e. The van der Waals surface area contributed by atoms with Gasteiger partial charge in [0.15, 0.2) is 0 Å². The lowest BCUT2D eigenvalue weighted by molar-refractivity contribution is 0.207. The predicted octanol–water partition coefficient (Wildman–Crippen LogP) is 7.59. The summed E-state index contributed by atoms with van der Waals surface area (Å²) in [6.45, 7) is 0.393. The van der Waals surface area contributed by atoms with E-state index in [9.17, 15) is 4.79 Å². The third-order valence-corrected chi connectivity index (χ3v) is 7.33. The summed E-state index contributed by atoms with van der Waals surface area (Å²) >= 11 is 0. The van der Waals surface area contributed by atoms with Crippen LogP contribution in [-0.4, -0.2) is 16.8 Å². The number of hydrogen-bond donors (Lipinski definition) is 1. The SMILES string of the molecule is Nc1ccc(N2C(=O)N(Cc3ccccc3)N=C(C3CCCCC3)c3cc(-c4ccoc4)ccc32)cc1. The van der Waals surface area contributed by atoms with Gasteiger partial charge in [-0.2, -0.15) is 5.10 Å². The highest BCUT2D eigenvalue weighted by Gasteiger charge is 2.34. The minimum Gasteiger partial charge on any atom is -0.472 e. The number of nitrogens with zero attached hydrogens (tertiary/aromatic N) is 3. The number of rotatable bonds is 5. The zero-order valence-electron chi connectivity index (χ0n) is 20.7. The van der Waals surface area contributed by atoms with Crippen LogP contribution in [-0.2, 0) is 6.54 Å². The van der Waals surface area contributed by atoms with Crippen LogP contribution in [0.3, 0.4) is 0 Å². The van der Waals surface area contributed by atoms with E-state index in [2.05, 4.69) is 6.07 Å². The van der Waals surface area contributed by atoms with Gasteiger partial charge in [0.1, 0.15) is 0 Å². The van der Waals surface area contributed by atoms with Gasteiger partial charge in [0.05, 0.1) is 36.2 Å². The number of fused-ring (bicyclic) bond motifs is 1. The van der Waals surface area contributed by atoms with Gasteiger partial charge in [0, 0.05) is 22.7 Å². The smallest absolute Gasteiger partial charge is 0.349 e. The maximum absolute atomic E-state index is 14.2. The van der Waals surface area contributed by atoms with Crippen LogP contribution in [0.15, 0.2) is 101 Å². The van der Waals surface area contributed by atoms with Crippen molar-refractivity contribution in [1.82, 2.24) is 5.01 Å². The van der Waals surface area contributed by atoms with Gasteiger partial charge in [0.25, 0.3) is 0 Å². The fourth-order valence-corrected chi connectivity index (χ4v) is 5.40. The van der Waals surface area contributed by atoms with Crippen molar-refractivity contribution in [1.29, 1.82) is 0 Å². The van der Waals surface area contributed by atoms with E-state index >= 15 is 0 Å². The quantitative estimate of drug-likeness (QED) is 0.293. The Hall–Kier alpha value is -4.32. The average molecular weight is 491 g/mol. The van der Waals surface area contributed by atoms with E-state index in [-0.39, 0.29) is 6.03 Å². The summed E-state index contributed by atoms with van der Waals surface area (Å²) in [5, 5.41) is 6.78. The molecule has 1 saturated carbocycles. The molecule has 2 amide bonds. The number of urea groups is 1. The summed E-state index contributed by atoms with van der Waals surface area (Å²) < 4.78 is 5.37. The number of nitrogens with two attached hydrogens (primary N) is 1. The summed E-state index contributed by atoms with van der Waals surface area (Å²) in [5.41, 5.74) is 13.3. The molecule has 0 radical (unpaired) electrons. The number of hydrogen-bond acceptors (Lipinski definition) is 4. The van der Waals surface area contributed by atoms with Crippen LogP contribution in [0.4, 0.5) is 21.9 Å². The van der Waals surface area contributed by atoms with E-state index in [1.165, 1.54) is 19.3 Å². The predicted molar refractivity (Wildman–Crippen MR) is 148 cm³/mol. The molecule has 6 nitrogen and oxygen atoms in total. The Balaban J connectivity index is 1.54. The molecule has 1 aliphatic carbocycles. The first-order valence-electron chi connectivity index (χ1n) is 12.9. The minimum atomic E-state index is -0.184. The maximum atomic E-state index is 14.2. The number of benzene rings is 3. The van der Waals surface area contributed by atoms with E-state index in [1.807, 2.05) is 72.8 Å². The highest BCUT2D eigenvalue weighted by molar-refractivity contribution is 6.14. The molecular weight excluding hydrogens is 460 g/mol. The maximum Gasteiger partial charge on any atom is 0.349 e. The fraction of sp³-hybridized carbons (Fsp3) is 0.226. The number of carbonyl (C=O) groups is 1. The lowest BCUT2D eigenvalue weighted by Crippen LogP contribution is -2.36. The van der Waals surface area contributed by atoms with Crippen LogP contribution >= 0.6 is 0 Å². The van der Waals surface area contributed by atoms with Gasteiger partial charge in [-0.15, -0.1) is 0 Å². The second-order valence-corrected chi connectivity index (χ2v) is 9.82. The summed E-state index contributed by atoms with van der Waals surface area (Å²) in [5.74, 6) is 0.296. The molecule has 2 heterocycles. The van der Waals surface area contributed by atoms with E-state index in [0.29, 0.717) is 18.2 Å². The lowest BCUT2D eigenvalue weighted by Gasteiger charge is -2.27. The summed E-state index contributed by atoms with van der Waals surface area (Å²) in [6, 6.07) is 25.5. The number of nitrogen functional groups attached to an aromatic ring is 1. The number of carbonyl (C=O) groups excluding carboxylic acids is 1. The van der Waals surface area contributed by atoms with Crippen LogP contribution in [0.25, 0.3) is 11.1 Å². The zero-order chi connectivity index (χ0) is 25.2. The van der Waals surface area contributed by atoms with Gasteiger partial charge < -0.3 is 10.2 Å². The van der Waals surface area contributed by atoms with E-state index in [4.69, 9.17) is 15.3 Å². The second-order valence-electron chi connectivity index (χ2n) is 9.82. The highest BCUT2D eigenvalue weighted by Crippen LogP contribution is 2.39. The third kappa shape index (κ3) is 4.62. The molecule has 4 aromatic rings. The molecule has 0 spiro atoms. The van der Waals surface area contributed by atoms with Gasteiger partial charge in [-0.1, -0.05) is 55.7 Å². The van der Waals surface area contributed by atoms with Crippen molar-refractivity contribution in [3.05, 3.63) is 103 Å². The van der Waals surface area contributed by atoms with Crippen molar-refractivity contribution in [2.45, 2.75) is 38.6 Å². The number of amides is 2. The van der Waals surface area contributed by atoms with Gasteiger partial charge in [-0.05, 0) is 66.4 Å². The Labute approximate surface area is 217 Å². The Morgan fingerprint density at radius 2 is 1.68 bits per heavy atom. The van der Waals surface area contributed by atoms with Crippen LogP contribution in [0.1, 0.15) is 43.2 Å². The van der Waals surface area contributed by atoms with Crippen molar-refractivity contribution in [2.75, 3.05) is 10.6 Å². The molecule has 2 aliphatic rings. The van der Waals surface area contributed by atoms with Crippen molar-refractivity contribution < 1.29 is 9.21 Å². The Morgan fingerprint density at radius 1 is 0.892 bits per heavy atom. The molecule has 0 atom stereocenters. The number of furan rings is 1. The molecule has 6 heteroatoms. The van der Waals surface area contributed by atoms with E-state index in [0.717, 1.165) is 52.2 Å². The molecule has 186 valence electrons. The first-order valence-corrected chi connectivity index (χ1v) is 12.9. The van der Waals surface area contributed by atoms with Crippen molar-refractivity contribution in [3.8, 4) is 11.1 Å². The molecule has 6 rings (SSSR count). The molecule has 2 N–H and O–H groups in total.